The van der Waals surface area contributed by atoms with Crippen molar-refractivity contribution in [1.29, 1.82) is 0 Å². The van der Waals surface area contributed by atoms with E-state index in [4.69, 9.17) is 4.74 Å². The second kappa shape index (κ2) is 8.30. The standard InChI is InChI=1S/C29H42O5/c1-15(2)19-14-24(32)34-27(19)26(33)16(3)20-6-7-21-25-22(9-11-29(20,21)5)28(4)10-8-18(30)12-17(28)13-23(25)31/h13-16,18,20-22,25-27,30,33H,6-12H2,1-5H3/t16-,18-,20?,21?,22?,25?,26-,27?,28-,29+/m0/s1. The molecule has 3 fully saturated rings. The molecule has 188 valence electrons. The molecular formula is C29H42O5. The molecule has 0 spiro atoms. The minimum Gasteiger partial charge on any atom is -0.452 e. The third-order valence-electron chi connectivity index (χ3n) is 11.0. The van der Waals surface area contributed by atoms with E-state index in [0.717, 1.165) is 44.1 Å². The van der Waals surface area contributed by atoms with Gasteiger partial charge >= 0.3 is 5.97 Å². The zero-order valence-electron chi connectivity index (χ0n) is 21.4. The van der Waals surface area contributed by atoms with Gasteiger partial charge in [0.25, 0.3) is 0 Å². The molecule has 5 nitrogen and oxygen atoms in total. The fraction of sp³-hybridized carbons (Fsp3) is 0.793. The fourth-order valence-electron chi connectivity index (χ4n) is 9.01. The Balaban J connectivity index is 1.40. The molecule has 0 saturated heterocycles. The second-order valence-electron chi connectivity index (χ2n) is 12.9. The lowest BCUT2D eigenvalue weighted by Gasteiger charge is -2.57. The van der Waals surface area contributed by atoms with Crippen molar-refractivity contribution in [3.8, 4) is 0 Å². The molecule has 5 rings (SSSR count). The number of ketones is 1. The molecule has 1 heterocycles. The molecule has 5 aliphatic rings. The molecule has 2 N–H and O–H groups in total. The number of hydrogen-bond acceptors (Lipinski definition) is 5. The summed E-state index contributed by atoms with van der Waals surface area (Å²) < 4.78 is 5.57. The Morgan fingerprint density at radius 1 is 1.00 bits per heavy atom. The Kier molecular flexibility index (Phi) is 5.92. The number of hydrogen-bond donors (Lipinski definition) is 2. The van der Waals surface area contributed by atoms with Crippen LogP contribution in [0, 0.1) is 46.3 Å². The predicted molar refractivity (Wildman–Crippen MR) is 130 cm³/mol. The van der Waals surface area contributed by atoms with Crippen LogP contribution in [-0.2, 0) is 14.3 Å². The molecule has 0 aromatic heterocycles. The van der Waals surface area contributed by atoms with E-state index >= 15 is 0 Å². The molecule has 0 radical (unpaired) electrons. The van der Waals surface area contributed by atoms with Crippen LogP contribution in [0.15, 0.2) is 23.3 Å². The molecule has 1 aliphatic heterocycles. The molecule has 4 aliphatic carbocycles. The molecule has 3 saturated carbocycles. The third kappa shape index (κ3) is 3.48. The first-order chi connectivity index (χ1) is 16.0. The van der Waals surface area contributed by atoms with Gasteiger partial charge in [0.2, 0.25) is 0 Å². The van der Waals surface area contributed by atoms with Gasteiger partial charge in [0, 0.05) is 12.0 Å². The average molecular weight is 471 g/mol. The van der Waals surface area contributed by atoms with Crippen molar-refractivity contribution >= 4 is 11.8 Å². The van der Waals surface area contributed by atoms with Crippen LogP contribution in [0.2, 0.25) is 0 Å². The summed E-state index contributed by atoms with van der Waals surface area (Å²) in [4.78, 5) is 25.5. The van der Waals surface area contributed by atoms with Gasteiger partial charge in [0.1, 0.15) is 0 Å². The van der Waals surface area contributed by atoms with Gasteiger partial charge in [0.05, 0.1) is 12.2 Å². The smallest absolute Gasteiger partial charge is 0.331 e. The van der Waals surface area contributed by atoms with E-state index < -0.39 is 12.2 Å². The largest absolute Gasteiger partial charge is 0.452 e. The number of rotatable bonds is 4. The number of carbonyl (C=O) groups is 2. The van der Waals surface area contributed by atoms with Gasteiger partial charge in [-0.25, -0.2) is 4.79 Å². The summed E-state index contributed by atoms with van der Waals surface area (Å²) in [6.45, 7) is 10.9. The van der Waals surface area contributed by atoms with Gasteiger partial charge in [0.15, 0.2) is 11.9 Å². The monoisotopic (exact) mass is 470 g/mol. The summed E-state index contributed by atoms with van der Waals surface area (Å²) >= 11 is 0. The van der Waals surface area contributed by atoms with Crippen molar-refractivity contribution in [2.75, 3.05) is 0 Å². The van der Waals surface area contributed by atoms with Gasteiger partial charge in [-0.2, -0.15) is 0 Å². The Morgan fingerprint density at radius 3 is 2.44 bits per heavy atom. The highest BCUT2D eigenvalue weighted by molar-refractivity contribution is 5.94. The molecule has 5 unspecified atom stereocenters. The van der Waals surface area contributed by atoms with E-state index in [1.54, 1.807) is 6.08 Å². The van der Waals surface area contributed by atoms with Gasteiger partial charge in [-0.05, 0) is 97.0 Å². The second-order valence-corrected chi connectivity index (χ2v) is 12.9. The van der Waals surface area contributed by atoms with Crippen molar-refractivity contribution in [1.82, 2.24) is 0 Å². The lowest BCUT2D eigenvalue weighted by molar-refractivity contribution is -0.148. The quantitative estimate of drug-likeness (QED) is 0.586. The Bertz CT molecular complexity index is 933. The zero-order chi connectivity index (χ0) is 24.6. The summed E-state index contributed by atoms with van der Waals surface area (Å²) in [6.07, 6.45) is 8.40. The summed E-state index contributed by atoms with van der Waals surface area (Å²) in [6, 6.07) is 0. The Labute approximate surface area is 204 Å². The van der Waals surface area contributed by atoms with Crippen molar-refractivity contribution in [3.05, 3.63) is 23.3 Å². The number of ether oxygens (including phenoxy) is 1. The SMILES string of the molecule is CC(C)C1=CC(=O)OC1[C@@H](O)[C@@H](C)C1CCC2C3C(=O)C=C4C[C@@H](O)CC[C@]4(C)C3CC[C@@]21C. The van der Waals surface area contributed by atoms with E-state index in [1.165, 1.54) is 5.57 Å². The number of aliphatic hydroxyl groups excluding tert-OH is 2. The fourth-order valence-corrected chi connectivity index (χ4v) is 9.01. The summed E-state index contributed by atoms with van der Waals surface area (Å²) in [5.74, 6) is 1.07. The number of esters is 1. The molecule has 0 amide bonds. The Hall–Kier alpha value is -1.46. The molecular weight excluding hydrogens is 428 g/mol. The number of allylic oxidation sites excluding steroid dienone is 1. The van der Waals surface area contributed by atoms with E-state index in [-0.39, 0.29) is 46.4 Å². The first-order valence-electron chi connectivity index (χ1n) is 13.5. The molecule has 5 heteroatoms. The molecule has 0 aromatic rings. The van der Waals surface area contributed by atoms with Crippen LogP contribution in [0.25, 0.3) is 0 Å². The summed E-state index contributed by atoms with van der Waals surface area (Å²) in [5, 5.41) is 21.6. The maximum Gasteiger partial charge on any atom is 0.331 e. The van der Waals surface area contributed by atoms with E-state index in [9.17, 15) is 19.8 Å². The molecule has 34 heavy (non-hydrogen) atoms. The zero-order valence-corrected chi connectivity index (χ0v) is 21.4. The maximum absolute atomic E-state index is 13.5. The van der Waals surface area contributed by atoms with Gasteiger partial charge in [-0.15, -0.1) is 0 Å². The topological polar surface area (TPSA) is 83.8 Å². The van der Waals surface area contributed by atoms with Crippen LogP contribution < -0.4 is 0 Å². The summed E-state index contributed by atoms with van der Waals surface area (Å²) in [7, 11) is 0. The van der Waals surface area contributed by atoms with Crippen molar-refractivity contribution in [3.63, 3.8) is 0 Å². The first-order valence-corrected chi connectivity index (χ1v) is 13.5. The lowest BCUT2D eigenvalue weighted by atomic mass is 9.46. The van der Waals surface area contributed by atoms with Crippen LogP contribution in [-0.4, -0.2) is 40.3 Å². The van der Waals surface area contributed by atoms with Gasteiger partial charge in [-0.3, -0.25) is 4.79 Å². The highest BCUT2D eigenvalue weighted by atomic mass is 16.6. The van der Waals surface area contributed by atoms with Crippen LogP contribution in [0.1, 0.15) is 79.6 Å². The first kappa shape index (κ1) is 24.2. The molecule has 10 atom stereocenters. The van der Waals surface area contributed by atoms with Gasteiger partial charge < -0.3 is 14.9 Å². The minimum absolute atomic E-state index is 0.00255. The minimum atomic E-state index is -0.732. The van der Waals surface area contributed by atoms with Crippen LogP contribution in [0.4, 0.5) is 0 Å². The predicted octanol–water partition coefficient (Wildman–Crippen LogP) is 4.61. The maximum atomic E-state index is 13.5. The molecule has 0 bridgehead atoms. The highest BCUT2D eigenvalue weighted by Gasteiger charge is 2.62. The van der Waals surface area contributed by atoms with Crippen LogP contribution in [0.5, 0.6) is 0 Å². The lowest BCUT2D eigenvalue weighted by Crippen LogP contribution is -2.54. The molecule has 0 aromatic carbocycles. The van der Waals surface area contributed by atoms with Crippen LogP contribution >= 0.6 is 0 Å². The van der Waals surface area contributed by atoms with Crippen molar-refractivity contribution in [2.24, 2.45) is 46.3 Å². The van der Waals surface area contributed by atoms with Crippen molar-refractivity contribution < 1.29 is 24.5 Å². The average Bonchev–Trinajstić information content (AvgIpc) is 3.34. The number of carbonyl (C=O) groups excluding carboxylic acids is 2. The van der Waals surface area contributed by atoms with Gasteiger partial charge in [-0.1, -0.05) is 40.2 Å². The van der Waals surface area contributed by atoms with E-state index in [1.807, 2.05) is 19.9 Å². The summed E-state index contributed by atoms with van der Waals surface area (Å²) in [5.41, 5.74) is 2.09. The number of cyclic esters (lactones) is 1. The van der Waals surface area contributed by atoms with E-state index in [0.29, 0.717) is 24.2 Å². The number of fused-ring (bicyclic) bond motifs is 5. The third-order valence-corrected chi connectivity index (χ3v) is 11.0. The Morgan fingerprint density at radius 2 is 1.74 bits per heavy atom. The van der Waals surface area contributed by atoms with E-state index in [2.05, 4.69) is 20.8 Å². The number of aliphatic hydroxyl groups is 2. The van der Waals surface area contributed by atoms with Crippen LogP contribution in [0.3, 0.4) is 0 Å². The highest BCUT2D eigenvalue weighted by Crippen LogP contribution is 2.66. The van der Waals surface area contributed by atoms with Crippen molar-refractivity contribution in [2.45, 2.75) is 97.9 Å². The normalized spacial score (nSPS) is 45.6.